The van der Waals surface area contributed by atoms with Gasteiger partial charge in [-0.3, -0.25) is 9.59 Å². The monoisotopic (exact) mass is 366 g/mol. The van der Waals surface area contributed by atoms with Crippen LogP contribution in [0.4, 0.5) is 5.00 Å². The van der Waals surface area contributed by atoms with E-state index in [0.717, 1.165) is 17.7 Å². The quantitative estimate of drug-likeness (QED) is 0.785. The van der Waals surface area contributed by atoms with Crippen molar-refractivity contribution in [3.05, 3.63) is 16.5 Å². The summed E-state index contributed by atoms with van der Waals surface area (Å²) in [6.45, 7) is 6.89. The number of aryl methyl sites for hydroxylation is 1. The Kier molecular flexibility index (Phi) is 6.99. The molecule has 0 aliphatic carbocycles. The fourth-order valence-electron chi connectivity index (χ4n) is 2.94. The summed E-state index contributed by atoms with van der Waals surface area (Å²) in [5.41, 5.74) is 0.435. The molecule has 1 aromatic heterocycles. The summed E-state index contributed by atoms with van der Waals surface area (Å²) in [4.78, 5) is 38.9. The van der Waals surface area contributed by atoms with Crippen LogP contribution in [0.25, 0.3) is 0 Å². The van der Waals surface area contributed by atoms with E-state index in [2.05, 4.69) is 12.2 Å². The van der Waals surface area contributed by atoms with Crippen LogP contribution in [-0.4, -0.2) is 42.4 Å². The molecule has 0 radical (unpaired) electrons. The summed E-state index contributed by atoms with van der Waals surface area (Å²) in [5.74, 6) is -0.574. The van der Waals surface area contributed by atoms with Gasteiger partial charge >= 0.3 is 5.97 Å². The zero-order valence-corrected chi connectivity index (χ0v) is 15.9. The van der Waals surface area contributed by atoms with Crippen molar-refractivity contribution in [1.82, 2.24) is 4.90 Å². The standard InChI is InChI=1S/C18H26N2O4S/c1-4-6-14-11-15(18(23)24-5-2)17(25-14)19-16(22)13-7-9-20(10-8-13)12(3)21/h11,13H,4-10H2,1-3H3,(H,19,22). The number of nitrogens with zero attached hydrogens (tertiary/aromatic N) is 1. The van der Waals surface area contributed by atoms with Gasteiger partial charge in [0.15, 0.2) is 0 Å². The topological polar surface area (TPSA) is 75.7 Å². The minimum atomic E-state index is -0.400. The Balaban J connectivity index is 2.06. The van der Waals surface area contributed by atoms with Crippen molar-refractivity contribution >= 4 is 34.1 Å². The van der Waals surface area contributed by atoms with Crippen LogP contribution in [0, 0.1) is 5.92 Å². The van der Waals surface area contributed by atoms with Gasteiger partial charge in [0.25, 0.3) is 0 Å². The van der Waals surface area contributed by atoms with E-state index in [1.54, 1.807) is 18.7 Å². The Bertz CT molecular complexity index is 633. The van der Waals surface area contributed by atoms with Gasteiger partial charge in [0.05, 0.1) is 12.2 Å². The van der Waals surface area contributed by atoms with Crippen LogP contribution in [-0.2, 0) is 20.7 Å². The SMILES string of the molecule is CCCc1cc(C(=O)OCC)c(NC(=O)C2CCN(C(C)=O)CC2)s1. The molecule has 138 valence electrons. The summed E-state index contributed by atoms with van der Waals surface area (Å²) >= 11 is 1.44. The molecule has 2 rings (SSSR count). The van der Waals surface area contributed by atoms with E-state index in [9.17, 15) is 14.4 Å². The minimum absolute atomic E-state index is 0.0471. The molecule has 25 heavy (non-hydrogen) atoms. The van der Waals surface area contributed by atoms with Crippen molar-refractivity contribution in [3.8, 4) is 0 Å². The number of nitrogens with one attached hydrogen (secondary N) is 1. The predicted octanol–water partition coefficient (Wildman–Crippen LogP) is 3.07. The minimum Gasteiger partial charge on any atom is -0.462 e. The summed E-state index contributed by atoms with van der Waals surface area (Å²) in [5, 5.41) is 3.49. The highest BCUT2D eigenvalue weighted by molar-refractivity contribution is 7.16. The maximum Gasteiger partial charge on any atom is 0.341 e. The molecule has 2 heterocycles. The average Bonchev–Trinajstić information content (AvgIpc) is 2.98. The number of amides is 2. The van der Waals surface area contributed by atoms with Crippen LogP contribution in [0.5, 0.6) is 0 Å². The fraction of sp³-hybridized carbons (Fsp3) is 0.611. The number of rotatable bonds is 6. The van der Waals surface area contributed by atoms with Crippen molar-refractivity contribution in [1.29, 1.82) is 0 Å². The molecule has 0 bridgehead atoms. The van der Waals surface area contributed by atoms with Crippen LogP contribution < -0.4 is 5.32 Å². The Morgan fingerprint density at radius 1 is 1.28 bits per heavy atom. The molecular weight excluding hydrogens is 340 g/mol. The first-order valence-electron chi connectivity index (χ1n) is 8.82. The lowest BCUT2D eigenvalue weighted by atomic mass is 9.96. The lowest BCUT2D eigenvalue weighted by Crippen LogP contribution is -2.40. The highest BCUT2D eigenvalue weighted by Gasteiger charge is 2.27. The van der Waals surface area contributed by atoms with Gasteiger partial charge in [-0.15, -0.1) is 11.3 Å². The first kappa shape index (κ1) is 19.4. The van der Waals surface area contributed by atoms with Crippen molar-refractivity contribution in [2.45, 2.75) is 46.5 Å². The van der Waals surface area contributed by atoms with Gasteiger partial charge in [-0.25, -0.2) is 4.79 Å². The van der Waals surface area contributed by atoms with Gasteiger partial charge in [0.2, 0.25) is 11.8 Å². The molecule has 0 spiro atoms. The van der Waals surface area contributed by atoms with Crippen LogP contribution in [0.2, 0.25) is 0 Å². The second-order valence-corrected chi connectivity index (χ2v) is 7.33. The van der Waals surface area contributed by atoms with Gasteiger partial charge in [0.1, 0.15) is 5.00 Å². The summed E-state index contributed by atoms with van der Waals surface area (Å²) < 4.78 is 5.10. The maximum atomic E-state index is 12.6. The van der Waals surface area contributed by atoms with Gasteiger partial charge in [-0.2, -0.15) is 0 Å². The predicted molar refractivity (Wildman–Crippen MR) is 97.9 cm³/mol. The number of piperidine rings is 1. The van der Waals surface area contributed by atoms with E-state index in [4.69, 9.17) is 4.74 Å². The molecule has 0 atom stereocenters. The Morgan fingerprint density at radius 2 is 1.96 bits per heavy atom. The summed E-state index contributed by atoms with van der Waals surface area (Å²) in [6, 6.07) is 1.82. The molecule has 1 aliphatic rings. The molecule has 1 N–H and O–H groups in total. The van der Waals surface area contributed by atoms with Crippen LogP contribution in [0.15, 0.2) is 6.07 Å². The Labute approximate surface area is 152 Å². The Hall–Kier alpha value is -1.89. The highest BCUT2D eigenvalue weighted by Crippen LogP contribution is 2.31. The number of thiophene rings is 1. The van der Waals surface area contributed by atoms with Crippen LogP contribution >= 0.6 is 11.3 Å². The summed E-state index contributed by atoms with van der Waals surface area (Å²) in [6.07, 6.45) is 3.13. The largest absolute Gasteiger partial charge is 0.462 e. The average molecular weight is 366 g/mol. The first-order valence-corrected chi connectivity index (χ1v) is 9.64. The van der Waals surface area contributed by atoms with Crippen molar-refractivity contribution in [3.63, 3.8) is 0 Å². The normalized spacial score (nSPS) is 15.1. The molecule has 1 saturated heterocycles. The molecular formula is C18H26N2O4S. The first-order chi connectivity index (χ1) is 12.0. The van der Waals surface area contributed by atoms with E-state index < -0.39 is 5.97 Å². The second-order valence-electron chi connectivity index (χ2n) is 6.20. The lowest BCUT2D eigenvalue weighted by molar-refractivity contribution is -0.132. The van der Waals surface area contributed by atoms with E-state index in [1.165, 1.54) is 11.3 Å². The van der Waals surface area contributed by atoms with Gasteiger partial charge in [-0.05, 0) is 32.3 Å². The highest BCUT2D eigenvalue weighted by atomic mass is 32.1. The molecule has 1 aliphatic heterocycles. The third-order valence-electron chi connectivity index (χ3n) is 4.32. The van der Waals surface area contributed by atoms with Crippen LogP contribution in [0.1, 0.15) is 55.3 Å². The lowest BCUT2D eigenvalue weighted by Gasteiger charge is -2.30. The van der Waals surface area contributed by atoms with Crippen molar-refractivity contribution < 1.29 is 19.1 Å². The molecule has 0 unspecified atom stereocenters. The van der Waals surface area contributed by atoms with Gasteiger partial charge in [-0.1, -0.05) is 13.3 Å². The molecule has 2 amide bonds. The smallest absolute Gasteiger partial charge is 0.341 e. The number of esters is 1. The number of hydrogen-bond acceptors (Lipinski definition) is 5. The third-order valence-corrected chi connectivity index (χ3v) is 5.43. The van der Waals surface area contributed by atoms with Crippen molar-refractivity contribution in [2.24, 2.45) is 5.92 Å². The molecule has 7 heteroatoms. The second kappa shape index (κ2) is 8.99. The van der Waals surface area contributed by atoms with Crippen molar-refractivity contribution in [2.75, 3.05) is 25.0 Å². The number of hydrogen-bond donors (Lipinski definition) is 1. The number of carbonyl (C=O) groups is 3. The van der Waals surface area contributed by atoms with Gasteiger partial charge in [0, 0.05) is 30.8 Å². The van der Waals surface area contributed by atoms with E-state index >= 15 is 0 Å². The molecule has 0 aromatic carbocycles. The molecule has 1 fully saturated rings. The fourth-order valence-corrected chi connectivity index (χ4v) is 4.08. The van der Waals surface area contributed by atoms with E-state index in [1.807, 2.05) is 6.07 Å². The molecule has 0 saturated carbocycles. The van der Waals surface area contributed by atoms with Gasteiger partial charge < -0.3 is 15.0 Å². The Morgan fingerprint density at radius 3 is 2.52 bits per heavy atom. The number of ether oxygens (including phenoxy) is 1. The van der Waals surface area contributed by atoms with E-state index in [-0.39, 0.29) is 17.7 Å². The summed E-state index contributed by atoms with van der Waals surface area (Å²) in [7, 11) is 0. The van der Waals surface area contributed by atoms with Crippen LogP contribution in [0.3, 0.4) is 0 Å². The maximum absolute atomic E-state index is 12.6. The van der Waals surface area contributed by atoms with E-state index in [0.29, 0.717) is 43.1 Å². The number of anilines is 1. The zero-order valence-electron chi connectivity index (χ0n) is 15.1. The number of carbonyl (C=O) groups excluding carboxylic acids is 3. The molecule has 6 nitrogen and oxygen atoms in total. The number of likely N-dealkylation sites (tertiary alicyclic amines) is 1. The zero-order chi connectivity index (χ0) is 18.4. The third kappa shape index (κ3) is 5.04. The molecule has 1 aromatic rings.